The molecular weight excluding hydrogens is 414 g/mol. The summed E-state index contributed by atoms with van der Waals surface area (Å²) >= 11 is 6.33. The van der Waals surface area contributed by atoms with Crippen molar-refractivity contribution in [3.63, 3.8) is 0 Å². The van der Waals surface area contributed by atoms with Gasteiger partial charge in [-0.15, -0.1) is 0 Å². The molecule has 0 spiro atoms. The molecule has 1 aromatic heterocycles. The fourth-order valence-electron chi connectivity index (χ4n) is 6.29. The SMILES string of the molecule is CC(=O)N1C(C)(C)CC(Oc2nc(Cl)nc(N3C(C)(C)CCCC3(C)C)n2)CC1(C)C. The molecule has 7 nitrogen and oxygen atoms in total. The highest BCUT2D eigenvalue weighted by atomic mass is 35.5. The molecule has 0 N–H and O–H groups in total. The van der Waals surface area contributed by atoms with Crippen molar-refractivity contribution >= 4 is 23.5 Å². The van der Waals surface area contributed by atoms with Crippen molar-refractivity contribution in [3.8, 4) is 6.01 Å². The number of likely N-dealkylation sites (tertiary alicyclic amines) is 1. The van der Waals surface area contributed by atoms with E-state index in [9.17, 15) is 4.79 Å². The molecule has 2 fully saturated rings. The lowest BCUT2D eigenvalue weighted by molar-refractivity contribution is -0.151. The van der Waals surface area contributed by atoms with Gasteiger partial charge in [-0.05, 0) is 86.3 Å². The highest BCUT2D eigenvalue weighted by molar-refractivity contribution is 6.28. The average molecular weight is 452 g/mol. The lowest BCUT2D eigenvalue weighted by Gasteiger charge is -2.54. The van der Waals surface area contributed by atoms with Crippen molar-refractivity contribution in [2.24, 2.45) is 0 Å². The number of anilines is 1. The summed E-state index contributed by atoms with van der Waals surface area (Å²) < 4.78 is 6.29. The summed E-state index contributed by atoms with van der Waals surface area (Å²) in [5.74, 6) is 0.637. The first-order valence-corrected chi connectivity index (χ1v) is 11.6. The van der Waals surface area contributed by atoms with E-state index in [-0.39, 0.29) is 45.5 Å². The third kappa shape index (κ3) is 4.76. The van der Waals surface area contributed by atoms with E-state index in [2.05, 4.69) is 70.3 Å². The molecule has 1 aromatic rings. The number of amides is 1. The summed E-state index contributed by atoms with van der Waals surface area (Å²) in [6.45, 7) is 18.8. The number of carbonyl (C=O) groups is 1. The molecular formula is C23H38ClN5O2. The molecule has 174 valence electrons. The molecule has 0 atom stereocenters. The normalized spacial score (nSPS) is 24.7. The Hall–Kier alpha value is -1.63. The number of halogens is 1. The van der Waals surface area contributed by atoms with Crippen molar-refractivity contribution in [2.75, 3.05) is 4.90 Å². The Balaban J connectivity index is 1.90. The fraction of sp³-hybridized carbons (Fsp3) is 0.826. The summed E-state index contributed by atoms with van der Waals surface area (Å²) in [6, 6.07) is 0.250. The third-order valence-corrected chi connectivity index (χ3v) is 6.98. The zero-order valence-electron chi connectivity index (χ0n) is 20.5. The molecule has 0 bridgehead atoms. The minimum atomic E-state index is -0.339. The molecule has 8 heteroatoms. The van der Waals surface area contributed by atoms with Crippen molar-refractivity contribution in [1.82, 2.24) is 19.9 Å². The number of aromatic nitrogens is 3. The van der Waals surface area contributed by atoms with Gasteiger partial charge in [-0.25, -0.2) is 0 Å². The van der Waals surface area contributed by atoms with Crippen LogP contribution in [-0.4, -0.2) is 54.0 Å². The van der Waals surface area contributed by atoms with Crippen LogP contribution >= 0.6 is 11.6 Å². The Morgan fingerprint density at radius 3 is 1.90 bits per heavy atom. The third-order valence-electron chi connectivity index (χ3n) is 6.82. The highest BCUT2D eigenvalue weighted by Crippen LogP contribution is 2.42. The Morgan fingerprint density at radius 1 is 0.903 bits per heavy atom. The molecule has 0 aliphatic carbocycles. The van der Waals surface area contributed by atoms with Gasteiger partial charge in [0.2, 0.25) is 17.1 Å². The van der Waals surface area contributed by atoms with Gasteiger partial charge in [-0.1, -0.05) is 0 Å². The van der Waals surface area contributed by atoms with E-state index >= 15 is 0 Å². The Bertz CT molecular complexity index is 818. The molecule has 2 aliphatic rings. The van der Waals surface area contributed by atoms with E-state index in [1.165, 1.54) is 0 Å². The maximum atomic E-state index is 12.3. The topological polar surface area (TPSA) is 71.5 Å². The van der Waals surface area contributed by atoms with Crippen molar-refractivity contribution in [2.45, 2.75) is 123 Å². The molecule has 0 aromatic carbocycles. The van der Waals surface area contributed by atoms with E-state index in [1.807, 2.05) is 4.90 Å². The fourth-order valence-corrected chi connectivity index (χ4v) is 6.43. The number of hydrogen-bond acceptors (Lipinski definition) is 6. The lowest BCUT2D eigenvalue weighted by atomic mass is 9.78. The lowest BCUT2D eigenvalue weighted by Crippen LogP contribution is -2.64. The summed E-state index contributed by atoms with van der Waals surface area (Å²) in [5, 5.41) is 0.136. The van der Waals surface area contributed by atoms with Gasteiger partial charge in [0, 0.05) is 41.9 Å². The van der Waals surface area contributed by atoms with Crippen LogP contribution in [0.1, 0.15) is 94.4 Å². The van der Waals surface area contributed by atoms with E-state index < -0.39 is 0 Å². The molecule has 3 rings (SSSR count). The second-order valence-corrected chi connectivity index (χ2v) is 12.0. The summed E-state index contributed by atoms with van der Waals surface area (Å²) in [7, 11) is 0. The monoisotopic (exact) mass is 451 g/mol. The average Bonchev–Trinajstić information content (AvgIpc) is 2.48. The first kappa shape index (κ1) is 24.0. The number of carbonyl (C=O) groups excluding carboxylic acids is 1. The van der Waals surface area contributed by atoms with E-state index in [0.29, 0.717) is 18.8 Å². The number of nitrogens with zero attached hydrogens (tertiary/aromatic N) is 5. The van der Waals surface area contributed by atoms with Crippen molar-refractivity contribution in [3.05, 3.63) is 5.28 Å². The molecule has 1 amide bonds. The summed E-state index contributed by atoms with van der Waals surface area (Å²) in [5.41, 5.74) is -0.870. The predicted octanol–water partition coefficient (Wildman–Crippen LogP) is 5.02. The van der Waals surface area contributed by atoms with Gasteiger partial charge in [0.15, 0.2) is 0 Å². The molecule has 2 aliphatic heterocycles. The number of ether oxygens (including phenoxy) is 1. The smallest absolute Gasteiger partial charge is 0.322 e. The zero-order chi connectivity index (χ0) is 23.4. The Labute approximate surface area is 191 Å². The summed E-state index contributed by atoms with van der Waals surface area (Å²) in [6.07, 6.45) is 4.53. The second kappa shape index (κ2) is 7.75. The number of piperidine rings is 2. The van der Waals surface area contributed by atoms with Crippen LogP contribution in [-0.2, 0) is 4.79 Å². The standard InChI is InChI=1S/C23H38ClN5O2/c1-15(30)28-22(6,7)13-16(14-23(28,8)9)31-19-26-17(24)25-18(27-19)29-20(2,3)11-10-12-21(29,4)5/h16H,10-14H2,1-9H3. The zero-order valence-corrected chi connectivity index (χ0v) is 21.3. The van der Waals surface area contributed by atoms with Gasteiger partial charge in [-0.3, -0.25) is 4.79 Å². The second-order valence-electron chi connectivity index (χ2n) is 11.6. The van der Waals surface area contributed by atoms with Crippen LogP contribution in [0.3, 0.4) is 0 Å². The largest absolute Gasteiger partial charge is 0.460 e. The minimum absolute atomic E-state index is 0.0773. The Kier molecular flexibility index (Phi) is 6.00. The molecule has 2 saturated heterocycles. The van der Waals surface area contributed by atoms with Gasteiger partial charge < -0.3 is 14.5 Å². The summed E-state index contributed by atoms with van der Waals surface area (Å²) in [4.78, 5) is 30.0. The van der Waals surface area contributed by atoms with Crippen LogP contribution in [0.4, 0.5) is 5.95 Å². The first-order valence-electron chi connectivity index (χ1n) is 11.2. The van der Waals surface area contributed by atoms with Gasteiger partial charge in [0.1, 0.15) is 6.10 Å². The van der Waals surface area contributed by atoms with Crippen LogP contribution in [0, 0.1) is 0 Å². The van der Waals surface area contributed by atoms with Gasteiger partial charge >= 0.3 is 6.01 Å². The predicted molar refractivity (Wildman–Crippen MR) is 124 cm³/mol. The van der Waals surface area contributed by atoms with Crippen LogP contribution in [0.25, 0.3) is 0 Å². The first-order chi connectivity index (χ1) is 14.1. The highest BCUT2D eigenvalue weighted by Gasteiger charge is 2.48. The molecule has 0 unspecified atom stereocenters. The van der Waals surface area contributed by atoms with Crippen LogP contribution in [0.5, 0.6) is 6.01 Å². The van der Waals surface area contributed by atoms with Gasteiger partial charge in [0.05, 0.1) is 0 Å². The van der Waals surface area contributed by atoms with Crippen LogP contribution in [0.15, 0.2) is 0 Å². The van der Waals surface area contributed by atoms with Crippen LogP contribution < -0.4 is 9.64 Å². The number of hydrogen-bond donors (Lipinski definition) is 0. The van der Waals surface area contributed by atoms with Crippen molar-refractivity contribution < 1.29 is 9.53 Å². The molecule has 0 saturated carbocycles. The van der Waals surface area contributed by atoms with Crippen LogP contribution in [0.2, 0.25) is 5.28 Å². The molecule has 0 radical (unpaired) electrons. The van der Waals surface area contributed by atoms with E-state index in [1.54, 1.807) is 6.92 Å². The molecule has 3 heterocycles. The van der Waals surface area contributed by atoms with Crippen molar-refractivity contribution in [1.29, 1.82) is 0 Å². The molecule has 31 heavy (non-hydrogen) atoms. The van der Waals surface area contributed by atoms with Gasteiger partial charge in [0.25, 0.3) is 0 Å². The maximum Gasteiger partial charge on any atom is 0.322 e. The quantitative estimate of drug-likeness (QED) is 0.642. The van der Waals surface area contributed by atoms with Gasteiger partial charge in [-0.2, -0.15) is 15.0 Å². The van der Waals surface area contributed by atoms with E-state index in [4.69, 9.17) is 21.3 Å². The maximum absolute atomic E-state index is 12.3. The Morgan fingerprint density at radius 2 is 1.42 bits per heavy atom. The van der Waals surface area contributed by atoms with E-state index in [0.717, 1.165) is 19.3 Å². The minimum Gasteiger partial charge on any atom is -0.460 e. The number of rotatable bonds is 3.